The van der Waals surface area contributed by atoms with Gasteiger partial charge in [0.05, 0.1) is 6.04 Å². The van der Waals surface area contributed by atoms with Crippen LogP contribution >= 0.6 is 12.4 Å². The number of anilines is 2. The van der Waals surface area contributed by atoms with E-state index in [-0.39, 0.29) is 39.1 Å². The summed E-state index contributed by atoms with van der Waals surface area (Å²) in [7, 11) is 0. The van der Waals surface area contributed by atoms with Crippen molar-refractivity contribution < 1.29 is 19.1 Å². The van der Waals surface area contributed by atoms with Gasteiger partial charge in [-0.15, -0.1) is 12.4 Å². The van der Waals surface area contributed by atoms with E-state index in [1.54, 1.807) is 20.8 Å². The number of ether oxygens (including phenoxy) is 1. The van der Waals surface area contributed by atoms with Gasteiger partial charge in [-0.25, -0.2) is 4.79 Å². The van der Waals surface area contributed by atoms with Crippen molar-refractivity contribution >= 4 is 41.7 Å². The Balaban J connectivity index is 0.000000326. The normalized spacial score (nSPS) is 16.4. The molecule has 6 rings (SSSR count). The first kappa shape index (κ1) is 39.5. The maximum Gasteiger partial charge on any atom is 0.408 e. The zero-order chi connectivity index (χ0) is 32.0. The van der Waals surface area contributed by atoms with Crippen LogP contribution in [0.5, 0.6) is 0 Å². The Hall–Kier alpha value is -4.66. The highest BCUT2D eigenvalue weighted by molar-refractivity contribution is 5.98. The number of fused-ring (bicyclic) bond motifs is 2. The summed E-state index contributed by atoms with van der Waals surface area (Å²) in [6.07, 6.45) is 2.16. The van der Waals surface area contributed by atoms with Crippen molar-refractivity contribution in [1.29, 1.82) is 0 Å². The van der Waals surface area contributed by atoms with E-state index < -0.39 is 23.8 Å². The number of aryl methyl sites for hydroxylation is 2. The molecular formula is C39H49ClN4O4. The molecule has 0 fully saturated rings. The van der Waals surface area contributed by atoms with Crippen molar-refractivity contribution in [2.24, 2.45) is 5.73 Å². The highest BCUT2D eigenvalue weighted by Crippen LogP contribution is 2.29. The fourth-order valence-electron chi connectivity index (χ4n) is 5.37. The number of carbonyl (C=O) groups is 3. The summed E-state index contributed by atoms with van der Waals surface area (Å²) in [6, 6.07) is 31.5. The Bertz CT molecular complexity index is 1670. The molecule has 4 aromatic carbocycles. The first-order valence-corrected chi connectivity index (χ1v) is 15.3. The minimum atomic E-state index is -0.613. The van der Waals surface area contributed by atoms with Gasteiger partial charge in [-0.3, -0.25) is 9.59 Å². The van der Waals surface area contributed by atoms with Gasteiger partial charge in [0.1, 0.15) is 11.6 Å². The van der Waals surface area contributed by atoms with Gasteiger partial charge >= 0.3 is 6.09 Å². The Morgan fingerprint density at radius 2 is 1.17 bits per heavy atom. The fraction of sp³-hybridized carbons (Fsp3) is 0.308. The van der Waals surface area contributed by atoms with Crippen LogP contribution in [-0.2, 0) is 27.2 Å². The fourth-order valence-corrected chi connectivity index (χ4v) is 5.37. The Labute approximate surface area is 291 Å². The molecule has 4 aromatic rings. The molecule has 3 amide bonds. The lowest BCUT2D eigenvalue weighted by Gasteiger charge is -2.22. The van der Waals surface area contributed by atoms with E-state index in [0.717, 1.165) is 40.0 Å². The zero-order valence-electron chi connectivity index (χ0n) is 26.3. The van der Waals surface area contributed by atoms with Gasteiger partial charge in [0, 0.05) is 11.4 Å². The van der Waals surface area contributed by atoms with E-state index >= 15 is 0 Å². The van der Waals surface area contributed by atoms with Crippen molar-refractivity contribution in [1.82, 2.24) is 5.32 Å². The van der Waals surface area contributed by atoms with Gasteiger partial charge in [-0.2, -0.15) is 0 Å². The molecule has 0 aliphatic carbocycles. The third-order valence-electron chi connectivity index (χ3n) is 7.71. The first-order valence-electron chi connectivity index (χ1n) is 15.3. The summed E-state index contributed by atoms with van der Waals surface area (Å²) >= 11 is 0. The molecule has 256 valence electrons. The van der Waals surface area contributed by atoms with Gasteiger partial charge < -0.3 is 26.4 Å². The second-order valence-electron chi connectivity index (χ2n) is 12.3. The van der Waals surface area contributed by atoms with E-state index in [9.17, 15) is 14.4 Å². The first-order chi connectivity index (χ1) is 21.6. The van der Waals surface area contributed by atoms with Crippen LogP contribution in [0.15, 0.2) is 97.1 Å². The number of nitrogens with one attached hydrogen (secondary N) is 3. The molecule has 5 N–H and O–H groups in total. The number of benzene rings is 4. The Kier molecular flexibility index (Phi) is 14.4. The average Bonchev–Trinajstić information content (AvgIpc) is 3.27. The smallest absolute Gasteiger partial charge is 0.408 e. The maximum absolute atomic E-state index is 12.5. The lowest BCUT2D eigenvalue weighted by atomic mass is 9.99. The number of hydrogen-bond donors (Lipinski definition) is 4. The van der Waals surface area contributed by atoms with Gasteiger partial charge in [0.15, 0.2) is 0 Å². The number of rotatable bonds is 3. The molecule has 0 saturated heterocycles. The number of halogens is 1. The molecule has 0 radical (unpaired) electrons. The monoisotopic (exact) mass is 672 g/mol. The van der Waals surface area contributed by atoms with Crippen LogP contribution < -0.4 is 21.7 Å². The van der Waals surface area contributed by atoms with Gasteiger partial charge in [0.2, 0.25) is 11.8 Å². The second-order valence-corrected chi connectivity index (χ2v) is 12.3. The number of alkyl carbamates (subject to hydrolysis) is 1. The molecule has 0 aromatic heterocycles. The van der Waals surface area contributed by atoms with Crippen LogP contribution in [0.1, 0.15) is 59.6 Å². The van der Waals surface area contributed by atoms with Gasteiger partial charge in [0.25, 0.3) is 0 Å². The summed E-state index contributed by atoms with van der Waals surface area (Å²) < 4.78 is 5.25. The molecule has 0 spiro atoms. The number of hydrogen-bond acceptors (Lipinski definition) is 5. The molecular weight excluding hydrogens is 624 g/mol. The average molecular weight is 673 g/mol. The molecule has 0 saturated carbocycles. The number of amides is 3. The van der Waals surface area contributed by atoms with Crippen LogP contribution in [0.25, 0.3) is 22.3 Å². The zero-order valence-corrected chi connectivity index (χ0v) is 27.2. The largest absolute Gasteiger partial charge is 0.444 e. The quantitative estimate of drug-likeness (QED) is 0.174. The predicted molar refractivity (Wildman–Crippen MR) is 200 cm³/mol. The molecule has 8 nitrogen and oxygen atoms in total. The van der Waals surface area contributed by atoms with Crippen molar-refractivity contribution in [3.63, 3.8) is 0 Å². The molecule has 2 aliphatic heterocycles. The number of carbonyl (C=O) groups excluding carboxylic acids is 3. The minimum Gasteiger partial charge on any atom is -0.444 e. The highest BCUT2D eigenvalue weighted by Gasteiger charge is 2.27. The molecule has 0 bridgehead atoms. The molecule has 2 unspecified atom stereocenters. The standard InChI is InChI=1S/C21H24N2O3.C16H16N2O.2CH4.ClH/c1-21(2,3)26-20(25)23-18-12-10-16-13-15(14-7-5-4-6-8-14)9-11-17(16)22-19(18)24;17-14-8-6-13-10-12(11-4-2-1-3-5-11)7-9-15(13)18-16(14)19;;;/h4-9,11,13,18H,10,12H2,1-3H3,(H,22,24)(H,23,25);1-5,7,9-10,14H,6,8,17H2,(H,18,19);2*1H4;1H. The minimum absolute atomic E-state index is 0. The summed E-state index contributed by atoms with van der Waals surface area (Å²) in [6.45, 7) is 5.38. The van der Waals surface area contributed by atoms with Crippen LogP contribution in [0.3, 0.4) is 0 Å². The van der Waals surface area contributed by atoms with E-state index in [2.05, 4.69) is 52.3 Å². The third-order valence-corrected chi connectivity index (χ3v) is 7.71. The van der Waals surface area contributed by atoms with Gasteiger partial charge in [-0.1, -0.05) is 87.6 Å². The molecule has 2 atom stereocenters. The lowest BCUT2D eigenvalue weighted by Crippen LogP contribution is -2.45. The summed E-state index contributed by atoms with van der Waals surface area (Å²) in [5.41, 5.74) is 13.7. The van der Waals surface area contributed by atoms with Crippen molar-refractivity contribution in [3.05, 3.63) is 108 Å². The summed E-state index contributed by atoms with van der Waals surface area (Å²) in [5.74, 6) is -0.312. The third kappa shape index (κ3) is 10.4. The molecule has 48 heavy (non-hydrogen) atoms. The van der Waals surface area contributed by atoms with Crippen LogP contribution in [0.2, 0.25) is 0 Å². The number of nitrogens with two attached hydrogens (primary N) is 1. The van der Waals surface area contributed by atoms with Gasteiger partial charge in [-0.05, 0) is 104 Å². The Morgan fingerprint density at radius 1 is 0.708 bits per heavy atom. The van der Waals surface area contributed by atoms with E-state index in [4.69, 9.17) is 10.5 Å². The van der Waals surface area contributed by atoms with Crippen LogP contribution in [0, 0.1) is 0 Å². The van der Waals surface area contributed by atoms with Crippen molar-refractivity contribution in [2.45, 2.75) is 79.0 Å². The molecule has 2 aliphatic rings. The lowest BCUT2D eigenvalue weighted by molar-refractivity contribution is -0.118. The second kappa shape index (κ2) is 17.5. The van der Waals surface area contributed by atoms with E-state index in [1.165, 1.54) is 11.1 Å². The highest BCUT2D eigenvalue weighted by atomic mass is 35.5. The maximum atomic E-state index is 12.5. The van der Waals surface area contributed by atoms with Crippen LogP contribution in [0.4, 0.5) is 16.2 Å². The van der Waals surface area contributed by atoms with E-state index in [1.807, 2.05) is 60.7 Å². The van der Waals surface area contributed by atoms with E-state index in [0.29, 0.717) is 19.3 Å². The summed E-state index contributed by atoms with van der Waals surface area (Å²) in [5, 5.41) is 8.47. The molecule has 9 heteroatoms. The summed E-state index contributed by atoms with van der Waals surface area (Å²) in [4.78, 5) is 36.1. The Morgan fingerprint density at radius 3 is 1.65 bits per heavy atom. The SMILES string of the molecule is C.C.CC(C)(C)OC(=O)NC1CCc2cc(-c3ccccc3)ccc2NC1=O.Cl.NC1CCc2cc(-c3ccccc3)ccc2NC1=O. The predicted octanol–water partition coefficient (Wildman–Crippen LogP) is 8.39. The van der Waals surface area contributed by atoms with Crippen LogP contribution in [-0.4, -0.2) is 35.6 Å². The van der Waals surface area contributed by atoms with Crippen molar-refractivity contribution in [2.75, 3.05) is 10.6 Å². The molecule has 2 heterocycles. The topological polar surface area (TPSA) is 123 Å². The van der Waals surface area contributed by atoms with Crippen molar-refractivity contribution in [3.8, 4) is 22.3 Å².